The molecule has 0 aliphatic rings. The lowest BCUT2D eigenvalue weighted by atomic mass is 10.2. The second kappa shape index (κ2) is 6.19. The van der Waals surface area contributed by atoms with E-state index in [-0.39, 0.29) is 10.8 Å². The fourth-order valence-electron chi connectivity index (χ4n) is 1.99. The van der Waals surface area contributed by atoms with E-state index < -0.39 is 16.1 Å². The molecule has 0 saturated heterocycles. The van der Waals surface area contributed by atoms with Crippen LogP contribution in [0.15, 0.2) is 41.4 Å². The maximum Gasteiger partial charge on any atom is 0.241 e. The van der Waals surface area contributed by atoms with Crippen LogP contribution in [0.1, 0.15) is 13.8 Å². The van der Waals surface area contributed by atoms with Gasteiger partial charge in [0.1, 0.15) is 0 Å². The van der Waals surface area contributed by atoms with Gasteiger partial charge in [-0.05, 0) is 38.1 Å². The molecular formula is C14H17N3O3S. The minimum Gasteiger partial charge on any atom is -0.355 e. The highest BCUT2D eigenvalue weighted by Gasteiger charge is 2.23. The molecule has 0 spiro atoms. The number of pyridine rings is 1. The van der Waals surface area contributed by atoms with Gasteiger partial charge < -0.3 is 5.32 Å². The summed E-state index contributed by atoms with van der Waals surface area (Å²) in [5, 5.41) is 3.10. The quantitative estimate of drug-likeness (QED) is 0.864. The number of sulfonamides is 1. The summed E-state index contributed by atoms with van der Waals surface area (Å²) >= 11 is 0. The zero-order valence-corrected chi connectivity index (χ0v) is 12.6. The maximum absolute atomic E-state index is 12.4. The van der Waals surface area contributed by atoms with Gasteiger partial charge in [-0.2, -0.15) is 4.72 Å². The summed E-state index contributed by atoms with van der Waals surface area (Å²) < 4.78 is 27.3. The Morgan fingerprint density at radius 1 is 1.29 bits per heavy atom. The predicted molar refractivity (Wildman–Crippen MR) is 80.2 cm³/mol. The van der Waals surface area contributed by atoms with Gasteiger partial charge in [-0.3, -0.25) is 9.78 Å². The number of nitrogens with one attached hydrogen (secondary N) is 2. The van der Waals surface area contributed by atoms with E-state index >= 15 is 0 Å². The number of carbonyl (C=O) groups is 1. The SMILES string of the molecule is CCNC(=O)C(C)NS(=O)(=O)c1cccc2ncccc12. The zero-order valence-electron chi connectivity index (χ0n) is 11.8. The van der Waals surface area contributed by atoms with E-state index in [1.54, 1.807) is 37.4 Å². The van der Waals surface area contributed by atoms with Crippen molar-refractivity contribution < 1.29 is 13.2 Å². The van der Waals surface area contributed by atoms with Crippen LogP contribution in [-0.2, 0) is 14.8 Å². The molecule has 1 aromatic carbocycles. The molecule has 0 aliphatic carbocycles. The number of nitrogens with zero attached hydrogens (tertiary/aromatic N) is 1. The molecular weight excluding hydrogens is 290 g/mol. The molecule has 2 aromatic rings. The van der Waals surface area contributed by atoms with E-state index in [0.29, 0.717) is 17.4 Å². The van der Waals surface area contributed by atoms with Crippen LogP contribution in [-0.4, -0.2) is 31.9 Å². The summed E-state index contributed by atoms with van der Waals surface area (Å²) in [5.41, 5.74) is 0.589. The monoisotopic (exact) mass is 307 g/mol. The number of benzene rings is 1. The average Bonchev–Trinajstić information content (AvgIpc) is 2.46. The second-order valence-corrected chi connectivity index (χ2v) is 6.25. The largest absolute Gasteiger partial charge is 0.355 e. The van der Waals surface area contributed by atoms with Crippen LogP contribution in [0, 0.1) is 0 Å². The zero-order chi connectivity index (χ0) is 15.5. The van der Waals surface area contributed by atoms with Crippen LogP contribution in [0.25, 0.3) is 10.9 Å². The minimum atomic E-state index is -3.80. The van der Waals surface area contributed by atoms with Crippen molar-refractivity contribution in [1.82, 2.24) is 15.0 Å². The van der Waals surface area contributed by atoms with E-state index in [4.69, 9.17) is 0 Å². The lowest BCUT2D eigenvalue weighted by Gasteiger charge is -2.14. The van der Waals surface area contributed by atoms with E-state index in [2.05, 4.69) is 15.0 Å². The van der Waals surface area contributed by atoms with Gasteiger partial charge in [0.2, 0.25) is 15.9 Å². The smallest absolute Gasteiger partial charge is 0.241 e. The van der Waals surface area contributed by atoms with Crippen molar-refractivity contribution in [1.29, 1.82) is 0 Å². The molecule has 0 aliphatic heterocycles. The highest BCUT2D eigenvalue weighted by atomic mass is 32.2. The van der Waals surface area contributed by atoms with Gasteiger partial charge >= 0.3 is 0 Å². The summed E-state index contributed by atoms with van der Waals surface area (Å²) in [7, 11) is -3.80. The van der Waals surface area contributed by atoms with E-state index in [0.717, 1.165) is 0 Å². The Morgan fingerprint density at radius 3 is 2.76 bits per heavy atom. The highest BCUT2D eigenvalue weighted by molar-refractivity contribution is 7.89. The summed E-state index contributed by atoms with van der Waals surface area (Å²) in [6.07, 6.45) is 1.60. The molecule has 2 rings (SSSR count). The number of hydrogen-bond acceptors (Lipinski definition) is 4. The Hall–Kier alpha value is -1.99. The molecule has 6 nitrogen and oxygen atoms in total. The molecule has 0 radical (unpaired) electrons. The van der Waals surface area contributed by atoms with Crippen LogP contribution in [0.4, 0.5) is 0 Å². The highest BCUT2D eigenvalue weighted by Crippen LogP contribution is 2.21. The van der Waals surface area contributed by atoms with Gasteiger partial charge in [-0.25, -0.2) is 8.42 Å². The molecule has 2 N–H and O–H groups in total. The van der Waals surface area contributed by atoms with Crippen molar-refractivity contribution in [2.24, 2.45) is 0 Å². The summed E-state index contributed by atoms with van der Waals surface area (Å²) in [4.78, 5) is 15.9. The number of hydrogen-bond donors (Lipinski definition) is 2. The van der Waals surface area contributed by atoms with Crippen molar-refractivity contribution >= 4 is 26.8 Å². The first kappa shape index (κ1) is 15.4. The Kier molecular flexibility index (Phi) is 4.54. The van der Waals surface area contributed by atoms with Crippen LogP contribution in [0.2, 0.25) is 0 Å². The van der Waals surface area contributed by atoms with Crippen LogP contribution in [0.3, 0.4) is 0 Å². The van der Waals surface area contributed by atoms with Crippen LogP contribution < -0.4 is 10.0 Å². The topological polar surface area (TPSA) is 88.2 Å². The van der Waals surface area contributed by atoms with Crippen LogP contribution in [0.5, 0.6) is 0 Å². The van der Waals surface area contributed by atoms with Gasteiger partial charge in [-0.15, -0.1) is 0 Å². The van der Waals surface area contributed by atoms with Gasteiger partial charge in [0.05, 0.1) is 16.5 Å². The Balaban J connectivity index is 2.36. The predicted octanol–water partition coefficient (Wildman–Crippen LogP) is 1.04. The lowest BCUT2D eigenvalue weighted by molar-refractivity contribution is -0.122. The number of amides is 1. The lowest BCUT2D eigenvalue weighted by Crippen LogP contribution is -2.44. The Labute approximate surface area is 123 Å². The molecule has 0 fully saturated rings. The molecule has 21 heavy (non-hydrogen) atoms. The number of fused-ring (bicyclic) bond motifs is 1. The Morgan fingerprint density at radius 2 is 2.05 bits per heavy atom. The normalized spacial score (nSPS) is 13.0. The number of aromatic nitrogens is 1. The molecule has 7 heteroatoms. The molecule has 1 atom stereocenters. The first-order valence-corrected chi connectivity index (χ1v) is 8.08. The third-order valence-corrected chi connectivity index (χ3v) is 4.57. The molecule has 1 amide bonds. The third-order valence-electron chi connectivity index (χ3n) is 2.97. The van der Waals surface area contributed by atoms with Crippen molar-refractivity contribution in [3.63, 3.8) is 0 Å². The van der Waals surface area contributed by atoms with Crippen molar-refractivity contribution in [2.75, 3.05) is 6.54 Å². The molecule has 0 bridgehead atoms. The second-order valence-electron chi connectivity index (χ2n) is 4.56. The number of carbonyl (C=O) groups excluding carboxylic acids is 1. The van der Waals surface area contributed by atoms with E-state index in [1.807, 2.05) is 0 Å². The molecule has 112 valence electrons. The molecule has 0 saturated carbocycles. The van der Waals surface area contributed by atoms with Crippen molar-refractivity contribution in [3.8, 4) is 0 Å². The van der Waals surface area contributed by atoms with Gasteiger partial charge in [0.25, 0.3) is 0 Å². The summed E-state index contributed by atoms with van der Waals surface area (Å²) in [6, 6.07) is 7.38. The van der Waals surface area contributed by atoms with Gasteiger partial charge in [0.15, 0.2) is 0 Å². The first-order valence-electron chi connectivity index (χ1n) is 6.59. The standard InChI is InChI=1S/C14H17N3O3S/c1-3-15-14(18)10(2)17-21(19,20)13-8-4-7-12-11(13)6-5-9-16-12/h4-10,17H,3H2,1-2H3,(H,15,18). The molecule has 1 heterocycles. The van der Waals surface area contributed by atoms with E-state index in [9.17, 15) is 13.2 Å². The maximum atomic E-state index is 12.4. The molecule has 1 aromatic heterocycles. The van der Waals surface area contributed by atoms with Crippen LogP contribution >= 0.6 is 0 Å². The first-order chi connectivity index (χ1) is 9.95. The average molecular weight is 307 g/mol. The fraction of sp³-hybridized carbons (Fsp3) is 0.286. The summed E-state index contributed by atoms with van der Waals surface area (Å²) in [5.74, 6) is -0.362. The third kappa shape index (κ3) is 3.37. The van der Waals surface area contributed by atoms with Crippen molar-refractivity contribution in [2.45, 2.75) is 24.8 Å². The van der Waals surface area contributed by atoms with Gasteiger partial charge in [-0.1, -0.05) is 6.07 Å². The minimum absolute atomic E-state index is 0.115. The Bertz CT molecular complexity index is 754. The number of rotatable bonds is 5. The molecule has 1 unspecified atom stereocenters. The fourth-order valence-corrected chi connectivity index (χ4v) is 3.41. The van der Waals surface area contributed by atoms with E-state index in [1.165, 1.54) is 13.0 Å². The van der Waals surface area contributed by atoms with Crippen molar-refractivity contribution in [3.05, 3.63) is 36.5 Å². The number of likely N-dealkylation sites (N-methyl/N-ethyl adjacent to an activating group) is 1. The van der Waals surface area contributed by atoms with Gasteiger partial charge in [0, 0.05) is 18.1 Å². The summed E-state index contributed by atoms with van der Waals surface area (Å²) in [6.45, 7) is 3.73.